The maximum atomic E-state index is 6.10. The van der Waals surface area contributed by atoms with E-state index in [1.54, 1.807) is 0 Å². The highest BCUT2D eigenvalue weighted by Gasteiger charge is 2.45. The molecular formula is C13H24N2O. The summed E-state index contributed by atoms with van der Waals surface area (Å²) in [4.78, 5) is 2.77. The molecule has 2 aliphatic carbocycles. The summed E-state index contributed by atoms with van der Waals surface area (Å²) >= 11 is 0. The van der Waals surface area contributed by atoms with Gasteiger partial charge in [-0.3, -0.25) is 4.90 Å². The SMILES string of the molecule is NCC1(N(CC2CC2)C2CC2)CCOCC1. The molecule has 1 saturated heterocycles. The topological polar surface area (TPSA) is 38.5 Å². The Morgan fingerprint density at radius 3 is 2.31 bits per heavy atom. The first-order valence-electron chi connectivity index (χ1n) is 6.89. The molecule has 1 aliphatic heterocycles. The normalized spacial score (nSPS) is 29.6. The van der Waals surface area contributed by atoms with E-state index >= 15 is 0 Å². The summed E-state index contributed by atoms with van der Waals surface area (Å²) < 4.78 is 5.52. The van der Waals surface area contributed by atoms with E-state index in [0.717, 1.165) is 44.6 Å². The Morgan fingerprint density at radius 1 is 1.12 bits per heavy atom. The maximum Gasteiger partial charge on any atom is 0.0484 e. The molecule has 3 rings (SSSR count). The molecule has 3 nitrogen and oxygen atoms in total. The fourth-order valence-corrected chi connectivity index (χ4v) is 3.05. The standard InChI is InChI=1S/C13H24N2O/c14-10-13(5-7-16-8-6-13)15(12-3-4-12)9-11-1-2-11/h11-12H,1-10,14H2. The number of rotatable bonds is 5. The van der Waals surface area contributed by atoms with Gasteiger partial charge in [-0.1, -0.05) is 0 Å². The predicted octanol–water partition coefficient (Wildman–Crippen LogP) is 1.37. The molecule has 3 fully saturated rings. The van der Waals surface area contributed by atoms with Crippen molar-refractivity contribution in [2.45, 2.75) is 50.1 Å². The quantitative estimate of drug-likeness (QED) is 0.766. The first-order valence-corrected chi connectivity index (χ1v) is 6.89. The molecule has 1 heterocycles. The van der Waals surface area contributed by atoms with Gasteiger partial charge in [0.2, 0.25) is 0 Å². The van der Waals surface area contributed by atoms with Crippen LogP contribution in [0.25, 0.3) is 0 Å². The third kappa shape index (κ3) is 2.13. The van der Waals surface area contributed by atoms with Crippen LogP contribution in [0, 0.1) is 5.92 Å². The van der Waals surface area contributed by atoms with Crippen molar-refractivity contribution in [3.05, 3.63) is 0 Å². The van der Waals surface area contributed by atoms with Crippen LogP contribution in [0.5, 0.6) is 0 Å². The van der Waals surface area contributed by atoms with Crippen LogP contribution in [-0.4, -0.2) is 42.8 Å². The highest BCUT2D eigenvalue weighted by Crippen LogP contribution is 2.41. The summed E-state index contributed by atoms with van der Waals surface area (Å²) in [6, 6.07) is 0.849. The molecule has 16 heavy (non-hydrogen) atoms. The van der Waals surface area contributed by atoms with Crippen LogP contribution >= 0.6 is 0 Å². The van der Waals surface area contributed by atoms with Crippen LogP contribution in [0.3, 0.4) is 0 Å². The van der Waals surface area contributed by atoms with Crippen LogP contribution < -0.4 is 5.73 Å². The van der Waals surface area contributed by atoms with Crippen molar-refractivity contribution >= 4 is 0 Å². The number of hydrogen-bond donors (Lipinski definition) is 1. The largest absolute Gasteiger partial charge is 0.381 e. The molecule has 0 aromatic heterocycles. The summed E-state index contributed by atoms with van der Waals surface area (Å²) in [6.07, 6.45) is 7.98. The summed E-state index contributed by atoms with van der Waals surface area (Å²) in [5.41, 5.74) is 6.38. The molecule has 2 saturated carbocycles. The lowest BCUT2D eigenvalue weighted by Crippen LogP contribution is -2.58. The van der Waals surface area contributed by atoms with Crippen molar-refractivity contribution in [3.63, 3.8) is 0 Å². The van der Waals surface area contributed by atoms with E-state index in [1.165, 1.54) is 32.2 Å². The third-order valence-corrected chi connectivity index (χ3v) is 4.55. The van der Waals surface area contributed by atoms with E-state index < -0.39 is 0 Å². The van der Waals surface area contributed by atoms with Gasteiger partial charge in [-0.2, -0.15) is 0 Å². The minimum atomic E-state index is 0.280. The van der Waals surface area contributed by atoms with E-state index in [0.29, 0.717) is 0 Å². The van der Waals surface area contributed by atoms with Gasteiger partial charge in [0.15, 0.2) is 0 Å². The highest BCUT2D eigenvalue weighted by molar-refractivity contribution is 5.01. The zero-order chi connectivity index (χ0) is 11.0. The zero-order valence-electron chi connectivity index (χ0n) is 10.2. The summed E-state index contributed by atoms with van der Waals surface area (Å²) in [5.74, 6) is 0.979. The van der Waals surface area contributed by atoms with Crippen LogP contribution in [0.15, 0.2) is 0 Å². The Balaban J connectivity index is 1.72. The van der Waals surface area contributed by atoms with Crippen molar-refractivity contribution in [1.82, 2.24) is 4.90 Å². The average Bonchev–Trinajstić information content (AvgIpc) is 3.17. The van der Waals surface area contributed by atoms with Gasteiger partial charge in [0.05, 0.1) is 0 Å². The van der Waals surface area contributed by atoms with Gasteiger partial charge in [-0.05, 0) is 44.4 Å². The minimum absolute atomic E-state index is 0.280. The van der Waals surface area contributed by atoms with Crippen molar-refractivity contribution < 1.29 is 4.74 Å². The second-order valence-corrected chi connectivity index (χ2v) is 5.87. The van der Waals surface area contributed by atoms with E-state index in [-0.39, 0.29) is 5.54 Å². The molecule has 0 aromatic rings. The van der Waals surface area contributed by atoms with E-state index in [4.69, 9.17) is 10.5 Å². The molecular weight excluding hydrogens is 200 g/mol. The highest BCUT2D eigenvalue weighted by atomic mass is 16.5. The van der Waals surface area contributed by atoms with Gasteiger partial charge in [0.25, 0.3) is 0 Å². The van der Waals surface area contributed by atoms with E-state index in [1.807, 2.05) is 0 Å². The number of nitrogens with two attached hydrogens (primary N) is 1. The van der Waals surface area contributed by atoms with Crippen molar-refractivity contribution in [3.8, 4) is 0 Å². The molecule has 0 amide bonds. The second kappa shape index (κ2) is 4.28. The third-order valence-electron chi connectivity index (χ3n) is 4.55. The second-order valence-electron chi connectivity index (χ2n) is 5.87. The first-order chi connectivity index (χ1) is 7.84. The molecule has 3 heteroatoms. The van der Waals surface area contributed by atoms with E-state index in [2.05, 4.69) is 4.90 Å². The molecule has 3 aliphatic rings. The van der Waals surface area contributed by atoms with Crippen LogP contribution in [0.2, 0.25) is 0 Å². The lowest BCUT2D eigenvalue weighted by Gasteiger charge is -2.46. The Kier molecular flexibility index (Phi) is 2.94. The summed E-state index contributed by atoms with van der Waals surface area (Å²) in [6.45, 7) is 3.94. The molecule has 92 valence electrons. The van der Waals surface area contributed by atoms with Gasteiger partial charge in [-0.25, -0.2) is 0 Å². The Hall–Kier alpha value is -0.120. The monoisotopic (exact) mass is 224 g/mol. The number of hydrogen-bond acceptors (Lipinski definition) is 3. The van der Waals surface area contributed by atoms with Crippen LogP contribution in [0.1, 0.15) is 38.5 Å². The molecule has 0 bridgehead atoms. The zero-order valence-corrected chi connectivity index (χ0v) is 10.2. The first kappa shape index (κ1) is 11.0. The molecule has 0 spiro atoms. The lowest BCUT2D eigenvalue weighted by atomic mass is 9.87. The van der Waals surface area contributed by atoms with Crippen molar-refractivity contribution in [2.24, 2.45) is 11.7 Å². The minimum Gasteiger partial charge on any atom is -0.381 e. The molecule has 0 unspecified atom stereocenters. The Bertz CT molecular complexity index is 242. The van der Waals surface area contributed by atoms with Crippen molar-refractivity contribution in [2.75, 3.05) is 26.3 Å². The van der Waals surface area contributed by atoms with Crippen LogP contribution in [0.4, 0.5) is 0 Å². The average molecular weight is 224 g/mol. The molecule has 0 atom stereocenters. The summed E-state index contributed by atoms with van der Waals surface area (Å²) in [5, 5.41) is 0. The number of ether oxygens (including phenoxy) is 1. The van der Waals surface area contributed by atoms with Gasteiger partial charge >= 0.3 is 0 Å². The Morgan fingerprint density at radius 2 is 1.81 bits per heavy atom. The molecule has 2 N–H and O–H groups in total. The van der Waals surface area contributed by atoms with Gasteiger partial charge in [-0.15, -0.1) is 0 Å². The molecule has 0 radical (unpaired) electrons. The maximum absolute atomic E-state index is 6.10. The Labute approximate surface area is 98.3 Å². The number of nitrogens with zero attached hydrogens (tertiary/aromatic N) is 1. The lowest BCUT2D eigenvalue weighted by molar-refractivity contribution is -0.0303. The van der Waals surface area contributed by atoms with Gasteiger partial charge < -0.3 is 10.5 Å². The van der Waals surface area contributed by atoms with Crippen LogP contribution in [-0.2, 0) is 4.74 Å². The smallest absolute Gasteiger partial charge is 0.0484 e. The van der Waals surface area contributed by atoms with Gasteiger partial charge in [0.1, 0.15) is 0 Å². The fraction of sp³-hybridized carbons (Fsp3) is 1.00. The fourth-order valence-electron chi connectivity index (χ4n) is 3.05. The van der Waals surface area contributed by atoms with E-state index in [9.17, 15) is 0 Å². The molecule has 0 aromatic carbocycles. The summed E-state index contributed by atoms with van der Waals surface area (Å²) in [7, 11) is 0. The van der Waals surface area contributed by atoms with Gasteiger partial charge in [0, 0.05) is 37.9 Å². The predicted molar refractivity (Wildman–Crippen MR) is 64.3 cm³/mol. The van der Waals surface area contributed by atoms with Crippen molar-refractivity contribution in [1.29, 1.82) is 0 Å².